The predicted molar refractivity (Wildman–Crippen MR) is 32.1 cm³/mol. The predicted octanol–water partition coefficient (Wildman–Crippen LogP) is -0.277. The van der Waals surface area contributed by atoms with Crippen LogP contribution in [0.1, 0.15) is 6.42 Å². The fraction of sp³-hybridized carbons (Fsp3) is 1.00. The fourth-order valence-corrected chi connectivity index (χ4v) is 1.22. The van der Waals surface area contributed by atoms with Crippen LogP contribution >= 0.6 is 0 Å². The van der Waals surface area contributed by atoms with Gasteiger partial charge in [0.25, 0.3) is 0 Å². The van der Waals surface area contributed by atoms with Crippen molar-refractivity contribution in [3.8, 4) is 0 Å². The van der Waals surface area contributed by atoms with Gasteiger partial charge in [0.05, 0.1) is 19.9 Å². The molecule has 3 nitrogen and oxygen atoms in total. The van der Waals surface area contributed by atoms with E-state index in [2.05, 4.69) is 5.32 Å². The second-order valence-electron chi connectivity index (χ2n) is 2.71. The lowest BCUT2D eigenvalue weighted by Crippen LogP contribution is -2.57. The van der Waals surface area contributed by atoms with E-state index >= 15 is 0 Å². The minimum Gasteiger partial charge on any atom is -0.375 e. The maximum atomic E-state index is 5.47. The van der Waals surface area contributed by atoms with Gasteiger partial charge in [-0.3, -0.25) is 5.32 Å². The molecule has 1 spiro atoms. The first-order valence-corrected chi connectivity index (χ1v) is 3.34. The van der Waals surface area contributed by atoms with Gasteiger partial charge in [-0.1, -0.05) is 0 Å². The standard InChI is InChI=1S/C6H11NO2/c1-2-7-5-9-6(1)3-8-4-6/h7H,1-5H2. The van der Waals surface area contributed by atoms with Gasteiger partial charge in [0.2, 0.25) is 0 Å². The van der Waals surface area contributed by atoms with Gasteiger partial charge >= 0.3 is 0 Å². The van der Waals surface area contributed by atoms with Crippen LogP contribution < -0.4 is 5.32 Å². The molecule has 2 aliphatic rings. The van der Waals surface area contributed by atoms with Gasteiger partial charge in [-0.05, 0) is 6.42 Å². The van der Waals surface area contributed by atoms with Gasteiger partial charge in [-0.2, -0.15) is 0 Å². The molecule has 0 amide bonds. The summed E-state index contributed by atoms with van der Waals surface area (Å²) in [4.78, 5) is 0. The molecule has 0 bridgehead atoms. The van der Waals surface area contributed by atoms with Crippen molar-refractivity contribution in [2.45, 2.75) is 12.0 Å². The Bertz CT molecular complexity index is 104. The maximum absolute atomic E-state index is 5.47. The van der Waals surface area contributed by atoms with Gasteiger partial charge < -0.3 is 9.47 Å². The summed E-state index contributed by atoms with van der Waals surface area (Å²) < 4.78 is 10.5. The van der Waals surface area contributed by atoms with Crippen molar-refractivity contribution in [3.63, 3.8) is 0 Å². The third-order valence-corrected chi connectivity index (χ3v) is 1.97. The highest BCUT2D eigenvalue weighted by Gasteiger charge is 2.40. The summed E-state index contributed by atoms with van der Waals surface area (Å²) in [5, 5.41) is 3.13. The molecule has 9 heavy (non-hydrogen) atoms. The van der Waals surface area contributed by atoms with E-state index in [1.165, 1.54) is 0 Å². The van der Waals surface area contributed by atoms with E-state index in [0.717, 1.165) is 26.2 Å². The highest BCUT2D eigenvalue weighted by molar-refractivity contribution is 4.89. The van der Waals surface area contributed by atoms with Crippen molar-refractivity contribution >= 4 is 0 Å². The van der Waals surface area contributed by atoms with Crippen LogP contribution in [-0.4, -0.2) is 32.1 Å². The van der Waals surface area contributed by atoms with Gasteiger partial charge in [0.1, 0.15) is 5.60 Å². The zero-order valence-corrected chi connectivity index (χ0v) is 5.35. The van der Waals surface area contributed by atoms with Crippen LogP contribution in [0.4, 0.5) is 0 Å². The van der Waals surface area contributed by atoms with Crippen LogP contribution in [0.3, 0.4) is 0 Å². The SMILES string of the molecule is C1CC2(COC2)OCN1. The highest BCUT2D eigenvalue weighted by atomic mass is 16.6. The molecule has 0 aromatic carbocycles. The van der Waals surface area contributed by atoms with Crippen molar-refractivity contribution in [1.82, 2.24) is 5.32 Å². The molecule has 0 saturated carbocycles. The molecule has 2 saturated heterocycles. The second kappa shape index (κ2) is 1.94. The van der Waals surface area contributed by atoms with E-state index in [9.17, 15) is 0 Å². The molecule has 2 rings (SSSR count). The quantitative estimate of drug-likeness (QED) is 0.488. The van der Waals surface area contributed by atoms with E-state index < -0.39 is 0 Å². The molecule has 3 heteroatoms. The summed E-state index contributed by atoms with van der Waals surface area (Å²) in [5.74, 6) is 0. The molecule has 0 aromatic heterocycles. The molecule has 2 fully saturated rings. The zero-order chi connectivity index (χ0) is 6.16. The summed E-state index contributed by atoms with van der Waals surface area (Å²) in [6, 6.07) is 0. The molecule has 52 valence electrons. The monoisotopic (exact) mass is 129 g/mol. The molecule has 2 heterocycles. The number of ether oxygens (including phenoxy) is 2. The Hall–Kier alpha value is -0.120. The van der Waals surface area contributed by atoms with Crippen LogP contribution in [0.5, 0.6) is 0 Å². The second-order valence-corrected chi connectivity index (χ2v) is 2.71. The lowest BCUT2D eigenvalue weighted by atomic mass is 9.97. The van der Waals surface area contributed by atoms with Crippen LogP contribution in [0.15, 0.2) is 0 Å². The summed E-state index contributed by atoms with van der Waals surface area (Å²) in [6.45, 7) is 3.37. The Labute approximate surface area is 54.3 Å². The summed E-state index contributed by atoms with van der Waals surface area (Å²) in [5.41, 5.74) is 0.116. The number of nitrogens with one attached hydrogen (secondary N) is 1. The van der Waals surface area contributed by atoms with Crippen molar-refractivity contribution in [3.05, 3.63) is 0 Å². The van der Waals surface area contributed by atoms with Gasteiger partial charge in [0, 0.05) is 6.54 Å². The lowest BCUT2D eigenvalue weighted by molar-refractivity contribution is -0.227. The maximum Gasteiger partial charge on any atom is 0.118 e. The smallest absolute Gasteiger partial charge is 0.118 e. The molecular weight excluding hydrogens is 118 g/mol. The topological polar surface area (TPSA) is 30.5 Å². The number of hydrogen-bond donors (Lipinski definition) is 1. The van der Waals surface area contributed by atoms with Crippen molar-refractivity contribution < 1.29 is 9.47 Å². The van der Waals surface area contributed by atoms with Gasteiger partial charge in [-0.15, -0.1) is 0 Å². The first-order chi connectivity index (χ1) is 4.41. The van der Waals surface area contributed by atoms with Crippen molar-refractivity contribution in [2.75, 3.05) is 26.5 Å². The van der Waals surface area contributed by atoms with E-state index in [-0.39, 0.29) is 5.60 Å². The van der Waals surface area contributed by atoms with Crippen LogP contribution in [-0.2, 0) is 9.47 Å². The van der Waals surface area contributed by atoms with Gasteiger partial charge in [-0.25, -0.2) is 0 Å². The average molecular weight is 129 g/mol. The molecular formula is C6H11NO2. The molecule has 0 aromatic rings. The Morgan fingerprint density at radius 2 is 2.22 bits per heavy atom. The van der Waals surface area contributed by atoms with E-state index in [0.29, 0.717) is 6.73 Å². The third kappa shape index (κ3) is 0.852. The minimum absolute atomic E-state index is 0.116. The Morgan fingerprint density at radius 1 is 1.33 bits per heavy atom. The third-order valence-electron chi connectivity index (χ3n) is 1.97. The molecule has 1 N–H and O–H groups in total. The summed E-state index contributed by atoms with van der Waals surface area (Å²) >= 11 is 0. The Kier molecular flexibility index (Phi) is 1.22. The molecule has 0 aliphatic carbocycles. The zero-order valence-electron chi connectivity index (χ0n) is 5.35. The van der Waals surface area contributed by atoms with Crippen molar-refractivity contribution in [1.29, 1.82) is 0 Å². The van der Waals surface area contributed by atoms with Crippen LogP contribution in [0.25, 0.3) is 0 Å². The van der Waals surface area contributed by atoms with E-state index in [1.807, 2.05) is 0 Å². The largest absolute Gasteiger partial charge is 0.375 e. The number of rotatable bonds is 0. The summed E-state index contributed by atoms with van der Waals surface area (Å²) in [7, 11) is 0. The minimum atomic E-state index is 0.116. The molecule has 0 radical (unpaired) electrons. The normalized spacial score (nSPS) is 32.0. The van der Waals surface area contributed by atoms with E-state index in [1.54, 1.807) is 0 Å². The average Bonchev–Trinajstić information content (AvgIpc) is 1.87. The van der Waals surface area contributed by atoms with Crippen LogP contribution in [0.2, 0.25) is 0 Å². The Balaban J connectivity index is 1.93. The van der Waals surface area contributed by atoms with E-state index in [4.69, 9.17) is 9.47 Å². The van der Waals surface area contributed by atoms with Crippen LogP contribution in [0, 0.1) is 0 Å². The first-order valence-electron chi connectivity index (χ1n) is 3.34. The fourth-order valence-electron chi connectivity index (χ4n) is 1.22. The summed E-state index contributed by atoms with van der Waals surface area (Å²) in [6.07, 6.45) is 1.10. The molecule has 2 aliphatic heterocycles. The molecule has 0 atom stereocenters. The highest BCUT2D eigenvalue weighted by Crippen LogP contribution is 2.26. The first kappa shape index (κ1) is 5.65. The molecule has 0 unspecified atom stereocenters. The van der Waals surface area contributed by atoms with Crippen molar-refractivity contribution in [2.24, 2.45) is 0 Å². The number of hydrogen-bond acceptors (Lipinski definition) is 3. The lowest BCUT2D eigenvalue weighted by Gasteiger charge is -2.43. The Morgan fingerprint density at radius 3 is 2.56 bits per heavy atom. The van der Waals surface area contributed by atoms with Gasteiger partial charge in [0.15, 0.2) is 0 Å².